The van der Waals surface area contributed by atoms with E-state index in [0.717, 1.165) is 11.8 Å². The number of nitrogens with one attached hydrogen (secondary N) is 1. The van der Waals surface area contributed by atoms with E-state index in [-0.39, 0.29) is 5.69 Å². The lowest BCUT2D eigenvalue weighted by Crippen LogP contribution is -2.22. The molecule has 0 unspecified atom stereocenters. The van der Waals surface area contributed by atoms with Crippen molar-refractivity contribution >= 4 is 31.2 Å². The van der Waals surface area contributed by atoms with Crippen LogP contribution in [0.25, 0.3) is 0 Å². The molecule has 1 aromatic rings. The number of aryl methyl sites for hydroxylation is 1. The van der Waals surface area contributed by atoms with Crippen LogP contribution in [-0.4, -0.2) is 34.6 Å². The molecule has 0 atom stereocenters. The van der Waals surface area contributed by atoms with Crippen LogP contribution in [0.1, 0.15) is 5.56 Å². The Morgan fingerprint density at radius 3 is 2.33 bits per heavy atom. The van der Waals surface area contributed by atoms with Gasteiger partial charge in [0, 0.05) is 6.26 Å². The molecule has 0 saturated heterocycles. The highest BCUT2D eigenvalue weighted by Crippen LogP contribution is 2.20. The van der Waals surface area contributed by atoms with Gasteiger partial charge >= 0.3 is 0 Å². The van der Waals surface area contributed by atoms with Crippen molar-refractivity contribution in [2.75, 3.05) is 28.2 Å². The van der Waals surface area contributed by atoms with Crippen LogP contribution in [-0.2, 0) is 19.9 Å². The van der Waals surface area contributed by atoms with Gasteiger partial charge in [-0.2, -0.15) is 0 Å². The van der Waals surface area contributed by atoms with E-state index >= 15 is 0 Å². The van der Waals surface area contributed by atoms with Crippen molar-refractivity contribution < 1.29 is 16.8 Å². The molecule has 18 heavy (non-hydrogen) atoms. The van der Waals surface area contributed by atoms with E-state index in [9.17, 15) is 16.8 Å². The first kappa shape index (κ1) is 14.8. The van der Waals surface area contributed by atoms with Gasteiger partial charge in [0.15, 0.2) is 0 Å². The molecule has 8 heteroatoms. The molecule has 1 aromatic carbocycles. The molecule has 0 aromatic heterocycles. The maximum absolute atomic E-state index is 11.7. The normalized spacial score (nSPS) is 12.3. The van der Waals surface area contributed by atoms with E-state index in [1.165, 1.54) is 0 Å². The summed E-state index contributed by atoms with van der Waals surface area (Å²) in [6.07, 6.45) is 0.990. The Hall–Kier alpha value is -1.28. The minimum atomic E-state index is -3.72. The second-order valence-electron chi connectivity index (χ2n) is 4.14. The molecule has 6 nitrogen and oxygen atoms in total. The lowest BCUT2D eigenvalue weighted by molar-refractivity contribution is 0.593. The van der Waals surface area contributed by atoms with Crippen LogP contribution in [0.3, 0.4) is 0 Å². The van der Waals surface area contributed by atoms with Crippen LogP contribution < -0.4 is 10.5 Å². The van der Waals surface area contributed by atoms with Gasteiger partial charge in [0.1, 0.15) is 9.84 Å². The number of hydrogen-bond donors (Lipinski definition) is 2. The monoisotopic (exact) mass is 292 g/mol. The third-order valence-corrected chi connectivity index (χ3v) is 4.67. The summed E-state index contributed by atoms with van der Waals surface area (Å²) >= 11 is 0. The van der Waals surface area contributed by atoms with Gasteiger partial charge in [-0.15, -0.1) is 0 Å². The van der Waals surface area contributed by atoms with Crippen molar-refractivity contribution in [3.63, 3.8) is 0 Å². The predicted molar refractivity (Wildman–Crippen MR) is 72.7 cm³/mol. The second kappa shape index (κ2) is 5.15. The molecule has 0 heterocycles. The van der Waals surface area contributed by atoms with Gasteiger partial charge in [0.2, 0.25) is 10.0 Å². The van der Waals surface area contributed by atoms with E-state index in [1.54, 1.807) is 25.1 Å². The average Bonchev–Trinajstić information content (AvgIpc) is 2.20. The van der Waals surface area contributed by atoms with Crippen molar-refractivity contribution in [1.82, 2.24) is 0 Å². The van der Waals surface area contributed by atoms with Gasteiger partial charge in [-0.1, -0.05) is 6.07 Å². The number of anilines is 2. The number of sulfonamides is 1. The number of rotatable bonds is 5. The Morgan fingerprint density at radius 2 is 1.78 bits per heavy atom. The van der Waals surface area contributed by atoms with Gasteiger partial charge in [0.05, 0.1) is 22.9 Å². The van der Waals surface area contributed by atoms with Crippen LogP contribution in [0.2, 0.25) is 0 Å². The summed E-state index contributed by atoms with van der Waals surface area (Å²) < 4.78 is 47.5. The first-order chi connectivity index (χ1) is 8.09. The summed E-state index contributed by atoms with van der Waals surface area (Å²) in [6, 6.07) is 4.93. The van der Waals surface area contributed by atoms with Crippen LogP contribution in [0.4, 0.5) is 11.4 Å². The summed E-state index contributed by atoms with van der Waals surface area (Å²) in [6.45, 7) is 1.80. The van der Waals surface area contributed by atoms with E-state index in [1.807, 2.05) is 0 Å². The van der Waals surface area contributed by atoms with Crippen LogP contribution in [0, 0.1) is 6.92 Å². The number of nitrogens with two attached hydrogens (primary N) is 1. The Kier molecular flexibility index (Phi) is 4.23. The quantitative estimate of drug-likeness (QED) is 0.762. The number of sulfone groups is 1. The standard InChI is InChI=1S/C10H16N2O4S2/c1-8-3-4-9(11)10(7-8)12-18(15,16)6-5-17(2,13)14/h3-4,7,12H,5-6,11H2,1-2H3. The minimum Gasteiger partial charge on any atom is -0.397 e. The summed E-state index contributed by atoms with van der Waals surface area (Å²) in [5.41, 5.74) is 7.05. The molecule has 0 saturated carbocycles. The molecular formula is C10H16N2O4S2. The van der Waals surface area contributed by atoms with Gasteiger partial charge in [-0.3, -0.25) is 4.72 Å². The maximum Gasteiger partial charge on any atom is 0.233 e. The summed E-state index contributed by atoms with van der Waals surface area (Å²) in [4.78, 5) is 0. The smallest absolute Gasteiger partial charge is 0.233 e. The zero-order valence-corrected chi connectivity index (χ0v) is 11.8. The van der Waals surface area contributed by atoms with Crippen LogP contribution in [0.5, 0.6) is 0 Å². The van der Waals surface area contributed by atoms with Crippen LogP contribution in [0.15, 0.2) is 18.2 Å². The van der Waals surface area contributed by atoms with E-state index in [4.69, 9.17) is 5.73 Å². The first-order valence-electron chi connectivity index (χ1n) is 5.13. The van der Waals surface area contributed by atoms with Gasteiger partial charge in [0.25, 0.3) is 0 Å². The Balaban J connectivity index is 2.86. The third kappa shape index (κ3) is 4.92. The van der Waals surface area contributed by atoms with E-state index < -0.39 is 31.4 Å². The Morgan fingerprint density at radius 1 is 1.17 bits per heavy atom. The summed E-state index contributed by atoms with van der Waals surface area (Å²) in [5, 5.41) is 0. The molecule has 102 valence electrons. The van der Waals surface area contributed by atoms with Crippen molar-refractivity contribution in [2.45, 2.75) is 6.92 Å². The van der Waals surface area contributed by atoms with Gasteiger partial charge < -0.3 is 5.73 Å². The maximum atomic E-state index is 11.7. The molecule has 0 amide bonds. The molecule has 0 aliphatic carbocycles. The van der Waals surface area contributed by atoms with Gasteiger partial charge in [-0.05, 0) is 24.6 Å². The fraction of sp³-hybridized carbons (Fsp3) is 0.400. The molecule has 0 bridgehead atoms. The number of nitrogen functional groups attached to an aromatic ring is 1. The second-order valence-corrected chi connectivity index (χ2v) is 8.24. The lowest BCUT2D eigenvalue weighted by atomic mass is 10.2. The Bertz CT molecular complexity index is 636. The molecule has 0 aliphatic rings. The van der Waals surface area contributed by atoms with Crippen molar-refractivity contribution in [3.05, 3.63) is 23.8 Å². The average molecular weight is 292 g/mol. The van der Waals surface area contributed by atoms with E-state index in [2.05, 4.69) is 4.72 Å². The third-order valence-electron chi connectivity index (χ3n) is 2.20. The molecule has 0 fully saturated rings. The zero-order valence-electron chi connectivity index (χ0n) is 10.2. The fourth-order valence-electron chi connectivity index (χ4n) is 1.24. The fourth-order valence-corrected chi connectivity index (χ4v) is 3.94. The zero-order chi connectivity index (χ0) is 14.0. The molecule has 1 rings (SSSR count). The van der Waals surface area contributed by atoms with Crippen LogP contribution >= 0.6 is 0 Å². The predicted octanol–water partition coefficient (Wildman–Crippen LogP) is 0.364. The largest absolute Gasteiger partial charge is 0.397 e. The van der Waals surface area contributed by atoms with Crippen molar-refractivity contribution in [1.29, 1.82) is 0 Å². The summed E-state index contributed by atoms with van der Waals surface area (Å²) in [7, 11) is -7.03. The topological polar surface area (TPSA) is 106 Å². The molecule has 3 N–H and O–H groups in total. The molecule has 0 aliphatic heterocycles. The highest BCUT2D eigenvalue weighted by molar-refractivity contribution is 7.95. The highest BCUT2D eigenvalue weighted by atomic mass is 32.2. The minimum absolute atomic E-state index is 0.267. The SMILES string of the molecule is Cc1ccc(N)c(NS(=O)(=O)CCS(C)(=O)=O)c1. The van der Waals surface area contributed by atoms with E-state index in [0.29, 0.717) is 5.69 Å². The molecule has 0 radical (unpaired) electrons. The first-order valence-corrected chi connectivity index (χ1v) is 8.85. The van der Waals surface area contributed by atoms with Gasteiger partial charge in [-0.25, -0.2) is 16.8 Å². The number of hydrogen-bond acceptors (Lipinski definition) is 5. The lowest BCUT2D eigenvalue weighted by Gasteiger charge is -2.10. The number of benzene rings is 1. The van der Waals surface area contributed by atoms with Crippen molar-refractivity contribution in [2.24, 2.45) is 0 Å². The van der Waals surface area contributed by atoms with Crippen molar-refractivity contribution in [3.8, 4) is 0 Å². The molecular weight excluding hydrogens is 276 g/mol. The summed E-state index contributed by atoms with van der Waals surface area (Å²) in [5.74, 6) is -0.909. The highest BCUT2D eigenvalue weighted by Gasteiger charge is 2.15. The molecule has 0 spiro atoms. The Labute approximate surface area is 107 Å².